The lowest BCUT2D eigenvalue weighted by Crippen LogP contribution is -2.41. The number of carbonyl (C=O) groups excluding carboxylic acids is 2. The van der Waals surface area contributed by atoms with Gasteiger partial charge in [0, 0.05) is 42.9 Å². The summed E-state index contributed by atoms with van der Waals surface area (Å²) in [7, 11) is 3.24. The second-order valence-corrected chi connectivity index (χ2v) is 9.75. The van der Waals surface area contributed by atoms with E-state index in [4.69, 9.17) is 21.1 Å². The number of hydrogen-bond donors (Lipinski definition) is 3. The molecule has 2 aromatic carbocycles. The Labute approximate surface area is 224 Å². The first-order valence-corrected chi connectivity index (χ1v) is 13.1. The predicted molar refractivity (Wildman–Crippen MR) is 144 cm³/mol. The molecule has 1 heterocycles. The number of methoxy groups -OCH3 is 1. The van der Waals surface area contributed by atoms with Crippen LogP contribution < -0.4 is 16.0 Å². The van der Waals surface area contributed by atoms with Crippen molar-refractivity contribution in [2.45, 2.75) is 38.3 Å². The Morgan fingerprint density at radius 3 is 2.76 bits per heavy atom. The molecule has 0 spiro atoms. The number of ether oxygens (including phenoxy) is 3. The van der Waals surface area contributed by atoms with Gasteiger partial charge in [-0.1, -0.05) is 29.8 Å². The highest BCUT2D eigenvalue weighted by molar-refractivity contribution is 6.30. The first kappa shape index (κ1) is 28.9. The van der Waals surface area contributed by atoms with E-state index in [2.05, 4.69) is 20.7 Å². The predicted octanol–water partition coefficient (Wildman–Crippen LogP) is 4.24. The van der Waals surface area contributed by atoms with Gasteiger partial charge < -0.3 is 30.2 Å². The van der Waals surface area contributed by atoms with E-state index < -0.39 is 12.2 Å². The van der Waals surface area contributed by atoms with E-state index >= 15 is 0 Å². The highest BCUT2D eigenvalue weighted by Crippen LogP contribution is 2.31. The number of likely N-dealkylation sites (N-methyl/N-ethyl adjacent to an activating group) is 1. The Bertz CT molecular complexity index is 1030. The number of nitrogens with one attached hydrogen (secondary N) is 3. The molecule has 1 saturated heterocycles. The van der Waals surface area contributed by atoms with Crippen LogP contribution in [-0.4, -0.2) is 65.1 Å². The summed E-state index contributed by atoms with van der Waals surface area (Å²) >= 11 is 6.30. The fraction of sp³-hybridized carbons (Fsp3) is 0.500. The summed E-state index contributed by atoms with van der Waals surface area (Å²) in [5.41, 5.74) is 3.27. The minimum Gasteiger partial charge on any atom is -0.453 e. The molecule has 3 rings (SSSR count). The Morgan fingerprint density at radius 1 is 1.19 bits per heavy atom. The van der Waals surface area contributed by atoms with E-state index in [1.165, 1.54) is 7.11 Å². The van der Waals surface area contributed by atoms with Crippen molar-refractivity contribution in [3.05, 3.63) is 69.7 Å². The molecule has 1 fully saturated rings. The van der Waals surface area contributed by atoms with Crippen LogP contribution in [-0.2, 0) is 14.2 Å². The molecule has 8 nitrogen and oxygen atoms in total. The van der Waals surface area contributed by atoms with Crippen LogP contribution in [0.1, 0.15) is 52.4 Å². The van der Waals surface area contributed by atoms with E-state index in [9.17, 15) is 9.59 Å². The normalized spacial score (nSPS) is 17.0. The summed E-state index contributed by atoms with van der Waals surface area (Å²) in [6.07, 6.45) is 2.22. The zero-order valence-corrected chi connectivity index (χ0v) is 22.6. The van der Waals surface area contributed by atoms with Crippen molar-refractivity contribution in [3.8, 4) is 0 Å². The molecule has 0 radical (unpaired) electrons. The van der Waals surface area contributed by atoms with Crippen molar-refractivity contribution in [2.24, 2.45) is 5.92 Å². The van der Waals surface area contributed by atoms with Crippen LogP contribution in [0.25, 0.3) is 0 Å². The molecule has 0 saturated carbocycles. The van der Waals surface area contributed by atoms with Crippen molar-refractivity contribution >= 4 is 23.6 Å². The van der Waals surface area contributed by atoms with Gasteiger partial charge in [-0.05, 0) is 80.1 Å². The van der Waals surface area contributed by atoms with E-state index in [1.54, 1.807) is 6.07 Å². The molecule has 3 atom stereocenters. The van der Waals surface area contributed by atoms with Gasteiger partial charge in [-0.3, -0.25) is 4.79 Å². The monoisotopic (exact) mass is 531 g/mol. The van der Waals surface area contributed by atoms with Crippen molar-refractivity contribution in [3.63, 3.8) is 0 Å². The maximum atomic E-state index is 13.1. The minimum absolute atomic E-state index is 0.143. The number of hydrogen-bond acceptors (Lipinski definition) is 6. The SMILES string of the molecule is CNC(CNC(=O)c1cccc([C@@H](OCCNC(=O)OC)c2cc(Cl)ccc2C)c1)CC1CCCOC1. The molecule has 0 aliphatic carbocycles. The van der Waals surface area contributed by atoms with Crippen LogP contribution >= 0.6 is 11.6 Å². The van der Waals surface area contributed by atoms with Gasteiger partial charge in [-0.25, -0.2) is 4.79 Å². The average molecular weight is 532 g/mol. The molecule has 2 amide bonds. The quantitative estimate of drug-likeness (QED) is 0.354. The lowest BCUT2D eigenvalue weighted by Gasteiger charge is -2.26. The molecular formula is C28H38ClN3O5. The summed E-state index contributed by atoms with van der Waals surface area (Å²) < 4.78 is 16.4. The average Bonchev–Trinajstić information content (AvgIpc) is 2.92. The number of alkyl carbamates (subject to hydrolysis) is 1. The summed E-state index contributed by atoms with van der Waals surface area (Å²) in [6, 6.07) is 13.2. The summed E-state index contributed by atoms with van der Waals surface area (Å²) in [4.78, 5) is 24.5. The van der Waals surface area contributed by atoms with Gasteiger partial charge in [0.05, 0.1) is 13.7 Å². The fourth-order valence-corrected chi connectivity index (χ4v) is 4.70. The number of benzene rings is 2. The Balaban J connectivity index is 1.70. The van der Waals surface area contributed by atoms with Crippen LogP contribution in [0.2, 0.25) is 5.02 Å². The van der Waals surface area contributed by atoms with Crippen molar-refractivity contribution in [1.29, 1.82) is 0 Å². The van der Waals surface area contributed by atoms with Gasteiger partial charge >= 0.3 is 6.09 Å². The van der Waals surface area contributed by atoms with Crippen molar-refractivity contribution < 1.29 is 23.8 Å². The van der Waals surface area contributed by atoms with Crippen LogP contribution in [0.4, 0.5) is 4.79 Å². The number of halogens is 1. The number of rotatable bonds is 12. The number of aryl methyl sites for hydroxylation is 1. The van der Waals surface area contributed by atoms with Crippen LogP contribution in [0.5, 0.6) is 0 Å². The molecule has 37 heavy (non-hydrogen) atoms. The zero-order chi connectivity index (χ0) is 26.6. The maximum Gasteiger partial charge on any atom is 0.406 e. The highest BCUT2D eigenvalue weighted by Gasteiger charge is 2.21. The molecule has 9 heteroatoms. The molecule has 202 valence electrons. The van der Waals surface area contributed by atoms with E-state index in [0.29, 0.717) is 23.0 Å². The number of amides is 2. The van der Waals surface area contributed by atoms with Crippen LogP contribution in [0.3, 0.4) is 0 Å². The zero-order valence-electron chi connectivity index (χ0n) is 21.8. The van der Waals surface area contributed by atoms with Crippen molar-refractivity contribution in [1.82, 2.24) is 16.0 Å². The van der Waals surface area contributed by atoms with Crippen molar-refractivity contribution in [2.75, 3.05) is 47.1 Å². The lowest BCUT2D eigenvalue weighted by atomic mass is 9.94. The molecule has 1 aliphatic rings. The first-order valence-electron chi connectivity index (χ1n) is 12.7. The third-order valence-corrected chi connectivity index (χ3v) is 6.84. The summed E-state index contributed by atoms with van der Waals surface area (Å²) in [6.45, 7) is 4.67. The van der Waals surface area contributed by atoms with Gasteiger partial charge in [0.2, 0.25) is 0 Å². The van der Waals surface area contributed by atoms with E-state index in [1.807, 2.05) is 50.4 Å². The molecule has 2 unspecified atom stereocenters. The van der Waals surface area contributed by atoms with E-state index in [-0.39, 0.29) is 25.1 Å². The van der Waals surface area contributed by atoms with Gasteiger partial charge in [0.15, 0.2) is 0 Å². The minimum atomic E-state index is -0.520. The Kier molecular flexibility index (Phi) is 11.7. The Morgan fingerprint density at radius 2 is 2.03 bits per heavy atom. The second kappa shape index (κ2) is 14.9. The summed E-state index contributed by atoms with van der Waals surface area (Å²) in [5.74, 6) is 0.370. The maximum absolute atomic E-state index is 13.1. The van der Waals surface area contributed by atoms with Gasteiger partial charge in [0.1, 0.15) is 6.10 Å². The van der Waals surface area contributed by atoms with Crippen LogP contribution in [0.15, 0.2) is 42.5 Å². The third-order valence-electron chi connectivity index (χ3n) is 6.61. The molecule has 2 aromatic rings. The molecule has 0 bridgehead atoms. The topological polar surface area (TPSA) is 97.9 Å². The second-order valence-electron chi connectivity index (χ2n) is 9.31. The Hall–Kier alpha value is -2.65. The molecular weight excluding hydrogens is 494 g/mol. The molecule has 1 aliphatic heterocycles. The number of carbonyl (C=O) groups is 2. The lowest BCUT2D eigenvalue weighted by molar-refractivity contribution is 0.0478. The van der Waals surface area contributed by atoms with Gasteiger partial charge in [0.25, 0.3) is 5.91 Å². The smallest absolute Gasteiger partial charge is 0.406 e. The highest BCUT2D eigenvalue weighted by atomic mass is 35.5. The largest absolute Gasteiger partial charge is 0.453 e. The molecule has 3 N–H and O–H groups in total. The fourth-order valence-electron chi connectivity index (χ4n) is 4.52. The summed E-state index contributed by atoms with van der Waals surface area (Å²) in [5, 5.41) is 9.60. The van der Waals surface area contributed by atoms with Gasteiger partial charge in [-0.2, -0.15) is 0 Å². The standard InChI is InChI=1S/C28H38ClN3O5/c1-19-9-10-23(29)16-25(19)26(37-13-11-31-28(34)35-3)21-7-4-8-22(15-21)27(33)32-17-24(30-2)14-20-6-5-12-36-18-20/h4,7-10,15-16,20,24,26,30H,5-6,11-14,17-18H2,1-3H3,(H,31,34)(H,32,33)/t20?,24?,26-/m1/s1. The van der Waals surface area contributed by atoms with Crippen LogP contribution in [0, 0.1) is 12.8 Å². The third kappa shape index (κ3) is 9.00. The van der Waals surface area contributed by atoms with Gasteiger partial charge in [-0.15, -0.1) is 0 Å². The van der Waals surface area contributed by atoms with E-state index in [0.717, 1.165) is 49.2 Å². The first-order chi connectivity index (χ1) is 17.9. The molecule has 0 aromatic heterocycles.